The van der Waals surface area contributed by atoms with E-state index in [4.69, 9.17) is 10.5 Å². The van der Waals surface area contributed by atoms with Gasteiger partial charge in [-0.25, -0.2) is 18.2 Å². The minimum Gasteiger partial charge on any atom is -0.381 e. The van der Waals surface area contributed by atoms with Crippen molar-refractivity contribution in [1.82, 2.24) is 9.97 Å². The molecule has 1 aliphatic heterocycles. The number of nitrogens with zero attached hydrogens (tertiary/aromatic N) is 3. The van der Waals surface area contributed by atoms with Gasteiger partial charge in [0.1, 0.15) is 28.8 Å². The van der Waals surface area contributed by atoms with Crippen LogP contribution in [0.15, 0.2) is 42.7 Å². The Morgan fingerprint density at radius 3 is 2.54 bits per heavy atom. The van der Waals surface area contributed by atoms with Crippen LogP contribution in [0.1, 0.15) is 66.1 Å². The van der Waals surface area contributed by atoms with Crippen LogP contribution in [0, 0.1) is 28.8 Å². The van der Waals surface area contributed by atoms with E-state index < -0.39 is 40.0 Å². The number of ether oxygens (including phenoxy) is 1. The molecule has 2 aromatic heterocycles. The molecule has 202 valence electrons. The van der Waals surface area contributed by atoms with E-state index in [0.29, 0.717) is 5.69 Å². The van der Waals surface area contributed by atoms with Gasteiger partial charge in [-0.3, -0.25) is 9.78 Å². The molecule has 3 heterocycles. The molecule has 7 nitrogen and oxygen atoms in total. The molecular weight excluding hydrogens is 507 g/mol. The number of nitrogens with one attached hydrogen (secondary N) is 1. The summed E-state index contributed by atoms with van der Waals surface area (Å²) in [6.07, 6.45) is 7.37. The maximum atomic E-state index is 15.3. The van der Waals surface area contributed by atoms with Gasteiger partial charge in [0, 0.05) is 25.5 Å². The molecule has 2 aliphatic rings. The van der Waals surface area contributed by atoms with Crippen LogP contribution in [-0.4, -0.2) is 35.1 Å². The number of nitriles is 1. The normalized spacial score (nSPS) is 20.7. The van der Waals surface area contributed by atoms with Gasteiger partial charge < -0.3 is 15.8 Å². The van der Waals surface area contributed by atoms with Crippen LogP contribution in [-0.2, 0) is 10.2 Å². The maximum absolute atomic E-state index is 15.3. The first-order valence-electron chi connectivity index (χ1n) is 13.0. The highest BCUT2D eigenvalue weighted by Crippen LogP contribution is 2.38. The molecule has 5 rings (SSSR count). The zero-order chi connectivity index (χ0) is 27.6. The average molecular weight is 536 g/mol. The molecule has 1 saturated carbocycles. The maximum Gasteiger partial charge on any atom is 0.274 e. The van der Waals surface area contributed by atoms with E-state index in [2.05, 4.69) is 21.4 Å². The summed E-state index contributed by atoms with van der Waals surface area (Å²) in [5, 5.41) is 12.5. The van der Waals surface area contributed by atoms with E-state index in [9.17, 15) is 14.4 Å². The van der Waals surface area contributed by atoms with Gasteiger partial charge in [0.05, 0.1) is 28.9 Å². The number of hydrogen-bond donors (Lipinski definition) is 2. The SMILES string of the molecule is N#CC1(c2cc(F)c(-c3nc(C(=O)Nc4cnccc4[C@@H]4CCC[C@H](N)C4)ccc3F)c(F)c2)CCOCC1. The van der Waals surface area contributed by atoms with Crippen molar-refractivity contribution in [3.8, 4) is 17.3 Å². The summed E-state index contributed by atoms with van der Waals surface area (Å²) in [6, 6.07) is 8.26. The molecule has 1 aliphatic carbocycles. The van der Waals surface area contributed by atoms with Gasteiger partial charge in [0.2, 0.25) is 0 Å². The fraction of sp³-hybridized carbons (Fsp3) is 0.379. The highest BCUT2D eigenvalue weighted by Gasteiger charge is 2.36. The number of benzene rings is 1. The highest BCUT2D eigenvalue weighted by molar-refractivity contribution is 6.03. The third-order valence-corrected chi connectivity index (χ3v) is 7.73. The van der Waals surface area contributed by atoms with Crippen molar-refractivity contribution in [2.45, 2.75) is 55.9 Å². The number of amides is 1. The minimum atomic E-state index is -1.10. The van der Waals surface area contributed by atoms with E-state index in [1.54, 1.807) is 6.20 Å². The van der Waals surface area contributed by atoms with Crippen molar-refractivity contribution < 1.29 is 22.7 Å². The Morgan fingerprint density at radius 2 is 1.85 bits per heavy atom. The van der Waals surface area contributed by atoms with Crippen LogP contribution in [0.25, 0.3) is 11.3 Å². The van der Waals surface area contributed by atoms with Gasteiger partial charge >= 0.3 is 0 Å². The molecule has 10 heteroatoms. The Balaban J connectivity index is 1.45. The Morgan fingerprint density at radius 1 is 1.10 bits per heavy atom. The number of anilines is 1. The summed E-state index contributed by atoms with van der Waals surface area (Å²) in [5.41, 5.74) is 5.03. The van der Waals surface area contributed by atoms with Crippen molar-refractivity contribution in [2.75, 3.05) is 18.5 Å². The van der Waals surface area contributed by atoms with Crippen molar-refractivity contribution in [3.05, 3.63) is 77.0 Å². The molecule has 2 atom stereocenters. The molecule has 39 heavy (non-hydrogen) atoms. The quantitative estimate of drug-likeness (QED) is 0.454. The standard InChI is InChI=1S/C29H28F3N5O2/c30-21-4-5-24(28(38)37-25-15-35-9-6-20(25)17-2-1-3-19(34)12-17)36-27(21)26-22(31)13-18(14-23(26)32)29(16-33)7-10-39-11-8-29/h4-6,9,13-15,17,19H,1-3,7-8,10-12,34H2,(H,37,38)/t17-,19+/m1/s1. The van der Waals surface area contributed by atoms with Gasteiger partial charge in [-0.05, 0) is 79.5 Å². The largest absolute Gasteiger partial charge is 0.381 e. The molecule has 1 aromatic carbocycles. The van der Waals surface area contributed by atoms with E-state index in [1.807, 2.05) is 6.07 Å². The fourth-order valence-corrected chi connectivity index (χ4v) is 5.57. The van der Waals surface area contributed by atoms with E-state index in [0.717, 1.165) is 55.5 Å². The van der Waals surface area contributed by atoms with Gasteiger partial charge in [-0.15, -0.1) is 0 Å². The van der Waals surface area contributed by atoms with Gasteiger partial charge in [-0.1, -0.05) is 6.42 Å². The Hall–Kier alpha value is -3.81. The lowest BCUT2D eigenvalue weighted by molar-refractivity contribution is 0.0673. The van der Waals surface area contributed by atoms with Gasteiger partial charge in [0.25, 0.3) is 5.91 Å². The van der Waals surface area contributed by atoms with Gasteiger partial charge in [-0.2, -0.15) is 5.26 Å². The van der Waals surface area contributed by atoms with Crippen LogP contribution in [0.3, 0.4) is 0 Å². The predicted octanol–water partition coefficient (Wildman–Crippen LogP) is 5.37. The number of carbonyl (C=O) groups is 1. The first kappa shape index (κ1) is 26.8. The number of hydrogen-bond acceptors (Lipinski definition) is 6. The van der Waals surface area contributed by atoms with Crippen LogP contribution in [0.2, 0.25) is 0 Å². The van der Waals surface area contributed by atoms with Crippen molar-refractivity contribution in [2.24, 2.45) is 5.73 Å². The third-order valence-electron chi connectivity index (χ3n) is 7.73. The van der Waals surface area contributed by atoms with Crippen molar-refractivity contribution in [3.63, 3.8) is 0 Å². The summed E-state index contributed by atoms with van der Waals surface area (Å²) in [6.45, 7) is 0.580. The lowest BCUT2D eigenvalue weighted by Gasteiger charge is -2.31. The number of nitrogens with two attached hydrogens (primary N) is 1. The minimum absolute atomic E-state index is 0.0763. The fourth-order valence-electron chi connectivity index (χ4n) is 5.57. The molecule has 3 aromatic rings. The second kappa shape index (κ2) is 11.1. The predicted molar refractivity (Wildman–Crippen MR) is 138 cm³/mol. The number of rotatable bonds is 5. The molecule has 0 bridgehead atoms. The summed E-state index contributed by atoms with van der Waals surface area (Å²) in [4.78, 5) is 21.2. The van der Waals surface area contributed by atoms with E-state index in [-0.39, 0.29) is 49.3 Å². The number of pyridine rings is 2. The zero-order valence-corrected chi connectivity index (χ0v) is 21.2. The second-order valence-corrected chi connectivity index (χ2v) is 10.2. The molecule has 1 amide bonds. The Labute approximate surface area is 224 Å². The molecule has 0 spiro atoms. The Kier molecular flexibility index (Phi) is 7.64. The summed E-state index contributed by atoms with van der Waals surface area (Å²) in [7, 11) is 0. The zero-order valence-electron chi connectivity index (χ0n) is 21.2. The van der Waals surface area contributed by atoms with E-state index in [1.165, 1.54) is 6.20 Å². The topological polar surface area (TPSA) is 114 Å². The van der Waals surface area contributed by atoms with Crippen LogP contribution < -0.4 is 11.1 Å². The Bertz CT molecular complexity index is 1410. The number of halogens is 3. The number of aromatic nitrogens is 2. The summed E-state index contributed by atoms with van der Waals surface area (Å²) >= 11 is 0. The van der Waals surface area contributed by atoms with Crippen LogP contribution in [0.4, 0.5) is 18.9 Å². The summed E-state index contributed by atoms with van der Waals surface area (Å²) in [5.74, 6) is -3.65. The lowest BCUT2D eigenvalue weighted by Crippen LogP contribution is -2.32. The average Bonchev–Trinajstić information content (AvgIpc) is 2.94. The molecular formula is C29H28F3N5O2. The first-order chi connectivity index (χ1) is 18.8. The molecule has 1 saturated heterocycles. The monoisotopic (exact) mass is 535 g/mol. The molecule has 2 fully saturated rings. The lowest BCUT2D eigenvalue weighted by atomic mass is 9.75. The third kappa shape index (κ3) is 5.37. The molecule has 0 unspecified atom stereocenters. The van der Waals surface area contributed by atoms with Crippen LogP contribution >= 0.6 is 0 Å². The van der Waals surface area contributed by atoms with Crippen molar-refractivity contribution in [1.29, 1.82) is 5.26 Å². The highest BCUT2D eigenvalue weighted by atomic mass is 19.1. The van der Waals surface area contributed by atoms with Crippen LogP contribution in [0.5, 0.6) is 0 Å². The first-order valence-corrected chi connectivity index (χ1v) is 13.0. The molecule has 0 radical (unpaired) electrons. The van der Waals surface area contributed by atoms with Gasteiger partial charge in [0.15, 0.2) is 0 Å². The second-order valence-electron chi connectivity index (χ2n) is 10.2. The number of carbonyl (C=O) groups excluding carboxylic acids is 1. The van der Waals surface area contributed by atoms with E-state index >= 15 is 8.78 Å². The smallest absolute Gasteiger partial charge is 0.274 e. The van der Waals surface area contributed by atoms with Crippen molar-refractivity contribution >= 4 is 11.6 Å². The molecule has 3 N–H and O–H groups in total. The summed E-state index contributed by atoms with van der Waals surface area (Å²) < 4.78 is 50.7.